The molecule has 6 nitrogen and oxygen atoms in total. The third-order valence-corrected chi connectivity index (χ3v) is 8.11. The highest BCUT2D eigenvalue weighted by Crippen LogP contribution is 2.45. The number of rotatable bonds is 6. The number of ether oxygens (including phenoxy) is 2. The van der Waals surface area contributed by atoms with Crippen molar-refractivity contribution in [3.05, 3.63) is 105 Å². The van der Waals surface area contributed by atoms with E-state index in [1.165, 1.54) is 17.6 Å². The van der Waals surface area contributed by atoms with Gasteiger partial charge in [-0.25, -0.2) is 4.39 Å². The Morgan fingerprint density at radius 3 is 2.52 bits per heavy atom. The minimum Gasteiger partial charge on any atom is -0.493 e. The topological polar surface area (TPSA) is 70.4 Å². The van der Waals surface area contributed by atoms with Gasteiger partial charge in [0.2, 0.25) is 0 Å². The zero-order chi connectivity index (χ0) is 33.1. The average Bonchev–Trinajstić information content (AvgIpc) is 2.96. The zero-order valence-corrected chi connectivity index (χ0v) is 26.0. The lowest BCUT2D eigenvalue weighted by atomic mass is 9.85. The number of benzene rings is 3. The van der Waals surface area contributed by atoms with Gasteiger partial charge in [0, 0.05) is 35.0 Å². The molecular weight excluding hydrogens is 600 g/mol. The van der Waals surface area contributed by atoms with Gasteiger partial charge in [0.25, 0.3) is 5.56 Å². The molecule has 6 rings (SSSR count). The van der Waals surface area contributed by atoms with E-state index >= 15 is 0 Å². The number of ketones is 1. The summed E-state index contributed by atoms with van der Waals surface area (Å²) in [6.07, 6.45) is -3.34. The fourth-order valence-corrected chi connectivity index (χ4v) is 6.27. The summed E-state index contributed by atoms with van der Waals surface area (Å²) in [6, 6.07) is 12.6. The first-order chi connectivity index (χ1) is 21.6. The zero-order valence-electron chi connectivity index (χ0n) is 26.0. The van der Waals surface area contributed by atoms with Crippen LogP contribution in [0.5, 0.6) is 5.75 Å². The summed E-state index contributed by atoms with van der Waals surface area (Å²) in [5, 5.41) is 1.39. The van der Waals surface area contributed by atoms with Crippen molar-refractivity contribution in [1.29, 1.82) is 0 Å². The van der Waals surface area contributed by atoms with Crippen LogP contribution in [0.15, 0.2) is 65.6 Å². The number of hydrogen-bond acceptors (Lipinski definition) is 5. The molecule has 1 unspecified atom stereocenters. The molecule has 0 spiro atoms. The highest BCUT2D eigenvalue weighted by atomic mass is 19.4. The van der Waals surface area contributed by atoms with Crippen LogP contribution >= 0.6 is 0 Å². The van der Waals surface area contributed by atoms with E-state index in [1.807, 2.05) is 39.0 Å². The number of nitrogens with zero attached hydrogens (tertiary/aromatic N) is 2. The summed E-state index contributed by atoms with van der Waals surface area (Å²) < 4.78 is 68.6. The molecule has 1 atom stereocenters. The second-order valence-corrected chi connectivity index (χ2v) is 12.6. The summed E-state index contributed by atoms with van der Waals surface area (Å²) >= 11 is 0. The van der Waals surface area contributed by atoms with Crippen LogP contribution in [0.3, 0.4) is 0 Å². The molecule has 3 heterocycles. The number of pyridine rings is 2. The fraction of sp³-hybridized carbons (Fsp3) is 0.306. The van der Waals surface area contributed by atoms with Crippen LogP contribution in [0.4, 0.5) is 17.6 Å². The Morgan fingerprint density at radius 1 is 1.07 bits per heavy atom. The number of aryl methyl sites for hydroxylation is 1. The van der Waals surface area contributed by atoms with Gasteiger partial charge in [-0.3, -0.25) is 14.6 Å². The molecule has 1 aliphatic heterocycles. The van der Waals surface area contributed by atoms with Gasteiger partial charge in [0.1, 0.15) is 17.7 Å². The molecule has 0 radical (unpaired) electrons. The van der Waals surface area contributed by atoms with Gasteiger partial charge in [-0.2, -0.15) is 13.2 Å². The molecule has 2 aromatic heterocycles. The molecule has 10 heteroatoms. The maximum Gasteiger partial charge on any atom is 0.416 e. The quantitative estimate of drug-likeness (QED) is 0.177. The van der Waals surface area contributed by atoms with Crippen molar-refractivity contribution in [2.75, 3.05) is 6.61 Å². The van der Waals surface area contributed by atoms with Gasteiger partial charge >= 0.3 is 6.18 Å². The molecule has 0 fully saturated rings. The van der Waals surface area contributed by atoms with Gasteiger partial charge < -0.3 is 14.0 Å². The first-order valence-corrected chi connectivity index (χ1v) is 14.9. The Bertz CT molecular complexity index is 2080. The van der Waals surface area contributed by atoms with Gasteiger partial charge in [-0.1, -0.05) is 0 Å². The van der Waals surface area contributed by atoms with Crippen molar-refractivity contribution >= 4 is 27.6 Å². The van der Waals surface area contributed by atoms with Crippen molar-refractivity contribution in [1.82, 2.24) is 9.55 Å². The maximum atomic E-state index is 14.4. The first kappa shape index (κ1) is 31.4. The minimum atomic E-state index is -4.76. The molecular formula is C36H32F4N2O4. The van der Waals surface area contributed by atoms with E-state index < -0.39 is 34.8 Å². The van der Waals surface area contributed by atoms with Gasteiger partial charge in [-0.15, -0.1) is 0 Å². The van der Waals surface area contributed by atoms with E-state index in [2.05, 4.69) is 0 Å². The van der Waals surface area contributed by atoms with Gasteiger partial charge in [-0.05, 0) is 111 Å². The molecule has 0 bridgehead atoms. The number of carbonyl (C=O) groups is 1. The largest absolute Gasteiger partial charge is 0.493 e. The van der Waals surface area contributed by atoms with Crippen molar-refractivity contribution in [2.45, 2.75) is 65.5 Å². The van der Waals surface area contributed by atoms with E-state index in [0.717, 1.165) is 23.1 Å². The maximum absolute atomic E-state index is 14.4. The molecule has 0 N–H and O–H groups in total. The lowest BCUT2D eigenvalue weighted by molar-refractivity contribution is -0.139. The molecule has 0 aliphatic carbocycles. The van der Waals surface area contributed by atoms with E-state index in [0.29, 0.717) is 63.5 Å². The third-order valence-electron chi connectivity index (χ3n) is 8.11. The third kappa shape index (κ3) is 5.77. The molecule has 1 aliphatic rings. The fourth-order valence-electron chi connectivity index (χ4n) is 6.27. The predicted octanol–water partition coefficient (Wildman–Crippen LogP) is 8.11. The molecule has 0 saturated heterocycles. The lowest BCUT2D eigenvalue weighted by Gasteiger charge is -2.30. The Labute approximate surface area is 262 Å². The Balaban J connectivity index is 1.69. The van der Waals surface area contributed by atoms with E-state index in [-0.39, 0.29) is 17.9 Å². The average molecular weight is 633 g/mol. The molecule has 0 amide bonds. The predicted molar refractivity (Wildman–Crippen MR) is 168 cm³/mol. The number of alkyl halides is 3. The monoisotopic (exact) mass is 632 g/mol. The summed E-state index contributed by atoms with van der Waals surface area (Å²) in [5.41, 5.74) is 2.23. The summed E-state index contributed by atoms with van der Waals surface area (Å²) in [4.78, 5) is 31.4. The molecule has 0 saturated carbocycles. The van der Waals surface area contributed by atoms with Crippen LogP contribution in [-0.2, 0) is 28.7 Å². The number of Topliss-reactive ketones (excluding diaryl/α,β-unsaturated/α-hetero) is 1. The Hall–Kier alpha value is -4.57. The standard InChI is InChI=1S/C36H32F4N2O4/c1-19-14-27-25(7-9-29(44)42(27)18-21-15-23(36(38,39)40)17-24(37)16-21)32(30(19)34(20(2)43)46-35(3,4)5)26-6-8-28-31-22(11-13-45-28)10-12-41-33(26)31/h6-10,12,14-17,34H,11,13,18H2,1-5H3. The molecule has 3 aromatic carbocycles. The molecule has 5 aromatic rings. The number of halogens is 4. The molecule has 46 heavy (non-hydrogen) atoms. The van der Waals surface area contributed by atoms with Crippen LogP contribution in [0, 0.1) is 12.7 Å². The van der Waals surface area contributed by atoms with Crippen molar-refractivity contribution in [3.63, 3.8) is 0 Å². The Morgan fingerprint density at radius 2 is 1.83 bits per heavy atom. The number of carbonyl (C=O) groups excluding carboxylic acids is 1. The van der Waals surface area contributed by atoms with Crippen LogP contribution in [-0.4, -0.2) is 27.5 Å². The van der Waals surface area contributed by atoms with Crippen molar-refractivity contribution in [3.8, 4) is 16.9 Å². The van der Waals surface area contributed by atoms with Crippen LogP contribution < -0.4 is 10.3 Å². The van der Waals surface area contributed by atoms with E-state index in [9.17, 15) is 27.2 Å². The molecule has 238 valence electrons. The van der Waals surface area contributed by atoms with Crippen LogP contribution in [0.1, 0.15) is 61.6 Å². The van der Waals surface area contributed by atoms with Crippen LogP contribution in [0.25, 0.3) is 32.9 Å². The highest BCUT2D eigenvalue weighted by molar-refractivity contribution is 6.08. The Kier molecular flexibility index (Phi) is 7.75. The summed E-state index contributed by atoms with van der Waals surface area (Å²) in [7, 11) is 0. The summed E-state index contributed by atoms with van der Waals surface area (Å²) in [5.74, 6) is -0.604. The second kappa shape index (κ2) is 11.3. The minimum absolute atomic E-state index is 0.0247. The number of fused-ring (bicyclic) bond motifs is 1. The van der Waals surface area contributed by atoms with Gasteiger partial charge in [0.15, 0.2) is 5.78 Å². The first-order valence-electron chi connectivity index (χ1n) is 14.9. The second-order valence-electron chi connectivity index (χ2n) is 12.6. The van der Waals surface area contributed by atoms with Crippen LogP contribution in [0.2, 0.25) is 0 Å². The van der Waals surface area contributed by atoms with E-state index in [1.54, 1.807) is 25.3 Å². The summed E-state index contributed by atoms with van der Waals surface area (Å²) in [6.45, 7) is 9.02. The smallest absolute Gasteiger partial charge is 0.416 e. The normalized spacial score (nSPS) is 14.0. The number of aromatic nitrogens is 2. The van der Waals surface area contributed by atoms with E-state index in [4.69, 9.17) is 14.5 Å². The SMILES string of the molecule is CC(=O)C(OC(C)(C)C)c1c(C)cc2c(ccc(=O)n2Cc2cc(F)cc(C(F)(F)F)c2)c1-c1ccc2c3c(ccnc13)CCO2. The van der Waals surface area contributed by atoms with Crippen molar-refractivity contribution in [2.24, 2.45) is 0 Å². The lowest BCUT2D eigenvalue weighted by Crippen LogP contribution is -2.27. The van der Waals surface area contributed by atoms with Crippen molar-refractivity contribution < 1.29 is 31.8 Å². The number of hydrogen-bond donors (Lipinski definition) is 0. The van der Waals surface area contributed by atoms with Gasteiger partial charge in [0.05, 0.1) is 35.3 Å². The highest BCUT2D eigenvalue weighted by Gasteiger charge is 2.33.